The molecule has 0 bridgehead atoms. The number of likely N-dealkylation sites (N-methyl/N-ethyl adjacent to an activating group) is 1. The van der Waals surface area contributed by atoms with Gasteiger partial charge >= 0.3 is 0 Å². The van der Waals surface area contributed by atoms with Crippen molar-refractivity contribution in [1.29, 1.82) is 0 Å². The van der Waals surface area contributed by atoms with Crippen molar-refractivity contribution in [2.24, 2.45) is 0 Å². The molecule has 0 amide bonds. The minimum Gasteiger partial charge on any atom is -0.390 e. The zero-order valence-corrected chi connectivity index (χ0v) is 10.9. The van der Waals surface area contributed by atoms with E-state index in [2.05, 4.69) is 35.9 Å². The zero-order chi connectivity index (χ0) is 12.0. The van der Waals surface area contributed by atoms with E-state index in [4.69, 9.17) is 0 Å². The number of aliphatic hydroxyl groups is 1. The van der Waals surface area contributed by atoms with Crippen LogP contribution in [0.15, 0.2) is 0 Å². The van der Waals surface area contributed by atoms with Gasteiger partial charge in [-0.05, 0) is 20.4 Å². The molecular formula is C12H27N3O. The number of nitrogens with one attached hydrogen (secondary N) is 1. The molecule has 1 fully saturated rings. The topological polar surface area (TPSA) is 38.7 Å². The minimum absolute atomic E-state index is 0.231. The van der Waals surface area contributed by atoms with Crippen LogP contribution in [0.1, 0.15) is 20.8 Å². The predicted octanol–water partition coefficient (Wildman–Crippen LogP) is -0.0172. The molecule has 1 rings (SSSR count). The molecule has 0 aromatic carbocycles. The maximum absolute atomic E-state index is 9.79. The van der Waals surface area contributed by atoms with E-state index in [0.717, 1.165) is 39.3 Å². The fourth-order valence-corrected chi connectivity index (χ4v) is 2.14. The SMILES string of the molecule is CCNCC(O)CN1CCN(C(C)C)CC1. The Hall–Kier alpha value is -0.160. The Morgan fingerprint density at radius 2 is 1.81 bits per heavy atom. The van der Waals surface area contributed by atoms with Crippen LogP contribution in [0.4, 0.5) is 0 Å². The monoisotopic (exact) mass is 229 g/mol. The maximum Gasteiger partial charge on any atom is 0.0791 e. The molecule has 0 radical (unpaired) electrons. The Morgan fingerprint density at radius 1 is 1.19 bits per heavy atom. The van der Waals surface area contributed by atoms with Crippen molar-refractivity contribution in [3.8, 4) is 0 Å². The van der Waals surface area contributed by atoms with Crippen LogP contribution in [0.2, 0.25) is 0 Å². The van der Waals surface area contributed by atoms with E-state index < -0.39 is 0 Å². The number of rotatable bonds is 6. The lowest BCUT2D eigenvalue weighted by Gasteiger charge is -2.37. The summed E-state index contributed by atoms with van der Waals surface area (Å²) in [6.07, 6.45) is -0.231. The van der Waals surface area contributed by atoms with Crippen LogP contribution in [-0.2, 0) is 0 Å². The fourth-order valence-electron chi connectivity index (χ4n) is 2.14. The van der Waals surface area contributed by atoms with Gasteiger partial charge in [0, 0.05) is 45.3 Å². The van der Waals surface area contributed by atoms with Crippen LogP contribution in [0, 0.1) is 0 Å². The van der Waals surface area contributed by atoms with E-state index in [9.17, 15) is 5.11 Å². The lowest BCUT2D eigenvalue weighted by molar-refractivity contribution is 0.0625. The third-order valence-corrected chi connectivity index (χ3v) is 3.24. The largest absolute Gasteiger partial charge is 0.390 e. The summed E-state index contributed by atoms with van der Waals surface area (Å²) >= 11 is 0. The number of nitrogens with zero attached hydrogens (tertiary/aromatic N) is 2. The normalized spacial score (nSPS) is 21.6. The van der Waals surface area contributed by atoms with E-state index in [-0.39, 0.29) is 6.10 Å². The third-order valence-electron chi connectivity index (χ3n) is 3.24. The highest BCUT2D eigenvalue weighted by Crippen LogP contribution is 2.06. The van der Waals surface area contributed by atoms with Gasteiger partial charge < -0.3 is 10.4 Å². The Labute approximate surface area is 99.6 Å². The molecule has 0 aliphatic carbocycles. The first-order chi connectivity index (χ1) is 7.63. The third kappa shape index (κ3) is 4.78. The molecule has 1 saturated heterocycles. The molecule has 16 heavy (non-hydrogen) atoms. The zero-order valence-electron chi connectivity index (χ0n) is 10.9. The summed E-state index contributed by atoms with van der Waals surface area (Å²) in [4.78, 5) is 4.86. The molecule has 2 N–H and O–H groups in total. The lowest BCUT2D eigenvalue weighted by Crippen LogP contribution is -2.51. The van der Waals surface area contributed by atoms with Gasteiger partial charge in [-0.25, -0.2) is 0 Å². The van der Waals surface area contributed by atoms with Gasteiger partial charge in [-0.1, -0.05) is 6.92 Å². The van der Waals surface area contributed by atoms with Crippen molar-refractivity contribution in [2.45, 2.75) is 32.9 Å². The summed E-state index contributed by atoms with van der Waals surface area (Å²) < 4.78 is 0. The minimum atomic E-state index is -0.231. The second-order valence-corrected chi connectivity index (χ2v) is 4.89. The van der Waals surface area contributed by atoms with Gasteiger partial charge in [0.15, 0.2) is 0 Å². The Balaban J connectivity index is 2.16. The van der Waals surface area contributed by atoms with Crippen LogP contribution in [0.5, 0.6) is 0 Å². The summed E-state index contributed by atoms with van der Waals surface area (Å²) in [5, 5.41) is 13.0. The number of hydrogen-bond donors (Lipinski definition) is 2. The van der Waals surface area contributed by atoms with Gasteiger partial charge in [-0.2, -0.15) is 0 Å². The molecule has 1 heterocycles. The van der Waals surface area contributed by atoms with Crippen LogP contribution in [0.25, 0.3) is 0 Å². The first-order valence-corrected chi connectivity index (χ1v) is 6.48. The number of β-amino-alcohol motifs (C(OH)–C–C–N with tert-alkyl or cyclic N) is 1. The molecule has 1 atom stereocenters. The molecule has 4 nitrogen and oxygen atoms in total. The van der Waals surface area contributed by atoms with Gasteiger partial charge in [0.1, 0.15) is 0 Å². The molecule has 1 unspecified atom stereocenters. The van der Waals surface area contributed by atoms with Crippen molar-refractivity contribution in [3.63, 3.8) is 0 Å². The van der Waals surface area contributed by atoms with Crippen LogP contribution in [0.3, 0.4) is 0 Å². The van der Waals surface area contributed by atoms with E-state index in [1.54, 1.807) is 0 Å². The first kappa shape index (κ1) is 13.9. The lowest BCUT2D eigenvalue weighted by atomic mass is 10.2. The molecule has 0 aromatic heterocycles. The van der Waals surface area contributed by atoms with Crippen LogP contribution in [-0.4, -0.2) is 72.9 Å². The van der Waals surface area contributed by atoms with E-state index >= 15 is 0 Å². The number of hydrogen-bond acceptors (Lipinski definition) is 4. The molecule has 0 saturated carbocycles. The summed E-state index contributed by atoms with van der Waals surface area (Å²) in [6, 6.07) is 0.647. The fraction of sp³-hybridized carbons (Fsp3) is 1.00. The molecule has 0 aromatic rings. The summed E-state index contributed by atoms with van der Waals surface area (Å²) in [5.41, 5.74) is 0. The van der Waals surface area contributed by atoms with Gasteiger partial charge in [0.2, 0.25) is 0 Å². The van der Waals surface area contributed by atoms with Crippen LogP contribution >= 0.6 is 0 Å². The van der Waals surface area contributed by atoms with Crippen molar-refractivity contribution in [3.05, 3.63) is 0 Å². The molecule has 4 heteroatoms. The van der Waals surface area contributed by atoms with E-state index in [1.807, 2.05) is 0 Å². The average Bonchev–Trinajstić information content (AvgIpc) is 2.27. The second kappa shape index (κ2) is 7.22. The highest BCUT2D eigenvalue weighted by molar-refractivity contribution is 4.76. The smallest absolute Gasteiger partial charge is 0.0791 e. The molecule has 1 aliphatic heterocycles. The van der Waals surface area contributed by atoms with E-state index in [0.29, 0.717) is 12.6 Å². The first-order valence-electron chi connectivity index (χ1n) is 6.48. The number of aliphatic hydroxyl groups excluding tert-OH is 1. The standard InChI is InChI=1S/C12H27N3O/c1-4-13-9-12(16)10-14-5-7-15(8-6-14)11(2)3/h11-13,16H,4-10H2,1-3H3. The Morgan fingerprint density at radius 3 is 2.31 bits per heavy atom. The van der Waals surface area contributed by atoms with Gasteiger partial charge in [0.25, 0.3) is 0 Å². The van der Waals surface area contributed by atoms with Crippen molar-refractivity contribution in [1.82, 2.24) is 15.1 Å². The quantitative estimate of drug-likeness (QED) is 0.671. The van der Waals surface area contributed by atoms with Gasteiger partial charge in [-0.3, -0.25) is 9.80 Å². The second-order valence-electron chi connectivity index (χ2n) is 4.89. The Kier molecular flexibility index (Phi) is 6.28. The summed E-state index contributed by atoms with van der Waals surface area (Å²) in [7, 11) is 0. The van der Waals surface area contributed by atoms with Crippen molar-refractivity contribution >= 4 is 0 Å². The highest BCUT2D eigenvalue weighted by Gasteiger charge is 2.20. The summed E-state index contributed by atoms with van der Waals surface area (Å²) in [6.45, 7) is 13.4. The number of piperazine rings is 1. The predicted molar refractivity (Wildman–Crippen MR) is 67.7 cm³/mol. The average molecular weight is 229 g/mol. The van der Waals surface area contributed by atoms with Crippen molar-refractivity contribution < 1.29 is 5.11 Å². The van der Waals surface area contributed by atoms with E-state index in [1.165, 1.54) is 0 Å². The molecule has 1 aliphatic rings. The summed E-state index contributed by atoms with van der Waals surface area (Å²) in [5.74, 6) is 0. The molecule has 96 valence electrons. The maximum atomic E-state index is 9.79. The van der Waals surface area contributed by atoms with Crippen LogP contribution < -0.4 is 5.32 Å². The Bertz CT molecular complexity index is 179. The van der Waals surface area contributed by atoms with Gasteiger partial charge in [0.05, 0.1) is 6.10 Å². The van der Waals surface area contributed by atoms with Gasteiger partial charge in [-0.15, -0.1) is 0 Å². The van der Waals surface area contributed by atoms with Crippen molar-refractivity contribution in [2.75, 3.05) is 45.8 Å². The highest BCUT2D eigenvalue weighted by atomic mass is 16.3. The molecular weight excluding hydrogens is 202 g/mol. The molecule has 0 spiro atoms.